The molecule has 0 aliphatic carbocycles. The highest BCUT2D eigenvalue weighted by molar-refractivity contribution is 5.85. The van der Waals surface area contributed by atoms with Gasteiger partial charge in [-0.25, -0.2) is 4.98 Å². The van der Waals surface area contributed by atoms with Gasteiger partial charge in [0.25, 0.3) is 0 Å². The molecule has 4 aromatic rings. The average Bonchev–Trinajstić information content (AvgIpc) is 3.18. The van der Waals surface area contributed by atoms with E-state index in [0.29, 0.717) is 6.54 Å². The summed E-state index contributed by atoms with van der Waals surface area (Å²) in [6.07, 6.45) is 0. The fourth-order valence-corrected chi connectivity index (χ4v) is 3.14. The van der Waals surface area contributed by atoms with Crippen LogP contribution in [-0.4, -0.2) is 20.2 Å². The SMILES string of the molecule is Cc1cc2nc(-c3n[nH]c(C)c3-c3ccc(CN)cc3)[nH]c2cc1C. The van der Waals surface area contributed by atoms with Gasteiger partial charge >= 0.3 is 0 Å². The molecule has 0 bridgehead atoms. The lowest BCUT2D eigenvalue weighted by Crippen LogP contribution is -1.95. The highest BCUT2D eigenvalue weighted by Gasteiger charge is 2.17. The van der Waals surface area contributed by atoms with Gasteiger partial charge in [-0.1, -0.05) is 24.3 Å². The Labute approximate surface area is 146 Å². The largest absolute Gasteiger partial charge is 0.337 e. The Balaban J connectivity index is 1.86. The molecule has 0 unspecified atom stereocenters. The van der Waals surface area contributed by atoms with Crippen molar-refractivity contribution in [2.75, 3.05) is 0 Å². The normalized spacial score (nSPS) is 11.4. The first-order chi connectivity index (χ1) is 12.1. The molecule has 4 rings (SSSR count). The van der Waals surface area contributed by atoms with Crippen LogP contribution in [-0.2, 0) is 6.54 Å². The van der Waals surface area contributed by atoms with E-state index in [-0.39, 0.29) is 0 Å². The minimum absolute atomic E-state index is 0.541. The number of nitrogens with one attached hydrogen (secondary N) is 2. The molecule has 5 heteroatoms. The average molecular weight is 331 g/mol. The quantitative estimate of drug-likeness (QED) is 0.530. The van der Waals surface area contributed by atoms with Gasteiger partial charge in [0.05, 0.1) is 11.0 Å². The number of fused-ring (bicyclic) bond motifs is 1. The van der Waals surface area contributed by atoms with Gasteiger partial charge in [0, 0.05) is 17.8 Å². The molecule has 0 saturated carbocycles. The van der Waals surface area contributed by atoms with Crippen LogP contribution < -0.4 is 5.73 Å². The molecule has 2 heterocycles. The fourth-order valence-electron chi connectivity index (χ4n) is 3.14. The van der Waals surface area contributed by atoms with E-state index in [4.69, 9.17) is 10.7 Å². The van der Waals surface area contributed by atoms with Gasteiger partial charge in [-0.15, -0.1) is 0 Å². The Morgan fingerprint density at radius 1 is 1.00 bits per heavy atom. The second-order valence-electron chi connectivity index (χ2n) is 6.51. The van der Waals surface area contributed by atoms with E-state index in [9.17, 15) is 0 Å². The molecule has 126 valence electrons. The van der Waals surface area contributed by atoms with E-state index >= 15 is 0 Å². The third-order valence-corrected chi connectivity index (χ3v) is 4.75. The summed E-state index contributed by atoms with van der Waals surface area (Å²) in [7, 11) is 0. The molecular weight excluding hydrogens is 310 g/mol. The van der Waals surface area contributed by atoms with Crippen molar-refractivity contribution in [2.24, 2.45) is 5.73 Å². The van der Waals surface area contributed by atoms with Crippen molar-refractivity contribution in [1.82, 2.24) is 20.2 Å². The van der Waals surface area contributed by atoms with Gasteiger partial charge in [-0.2, -0.15) is 5.10 Å². The van der Waals surface area contributed by atoms with Gasteiger partial charge in [0.2, 0.25) is 0 Å². The van der Waals surface area contributed by atoms with Gasteiger partial charge in [-0.3, -0.25) is 5.10 Å². The first kappa shape index (κ1) is 15.6. The molecular formula is C20H21N5. The smallest absolute Gasteiger partial charge is 0.159 e. The predicted octanol–water partition coefficient (Wildman–Crippen LogP) is 4.00. The molecule has 0 amide bonds. The zero-order valence-electron chi connectivity index (χ0n) is 14.6. The maximum atomic E-state index is 5.70. The topological polar surface area (TPSA) is 83.4 Å². The molecule has 2 aromatic carbocycles. The summed E-state index contributed by atoms with van der Waals surface area (Å²) in [4.78, 5) is 8.17. The predicted molar refractivity (Wildman–Crippen MR) is 101 cm³/mol. The number of imidazole rings is 1. The number of H-pyrrole nitrogens is 2. The molecule has 5 nitrogen and oxygen atoms in total. The molecule has 0 saturated heterocycles. The summed E-state index contributed by atoms with van der Waals surface area (Å²) in [5.41, 5.74) is 15.3. The molecule has 0 aliphatic rings. The lowest BCUT2D eigenvalue weighted by atomic mass is 10.0. The maximum Gasteiger partial charge on any atom is 0.159 e. The van der Waals surface area contributed by atoms with E-state index < -0.39 is 0 Å². The summed E-state index contributed by atoms with van der Waals surface area (Å²) >= 11 is 0. The lowest BCUT2D eigenvalue weighted by molar-refractivity contribution is 1.04. The van der Waals surface area contributed by atoms with Crippen molar-refractivity contribution < 1.29 is 0 Å². The molecule has 0 radical (unpaired) electrons. The van der Waals surface area contributed by atoms with E-state index in [1.54, 1.807) is 0 Å². The van der Waals surface area contributed by atoms with Crippen molar-refractivity contribution in [1.29, 1.82) is 0 Å². The van der Waals surface area contributed by atoms with Crippen LogP contribution in [0.1, 0.15) is 22.4 Å². The standard InChI is InChI=1S/C20H21N5/c1-11-8-16-17(9-12(11)2)23-20(22-16)19-18(13(3)24-25-19)15-6-4-14(10-21)5-7-15/h4-9H,10,21H2,1-3H3,(H,22,23)(H,24,25). The number of benzene rings is 2. The van der Waals surface area contributed by atoms with Crippen molar-refractivity contribution in [2.45, 2.75) is 27.3 Å². The van der Waals surface area contributed by atoms with Crippen LogP contribution in [0.5, 0.6) is 0 Å². The number of nitrogens with two attached hydrogens (primary N) is 1. The van der Waals surface area contributed by atoms with Gasteiger partial charge < -0.3 is 10.7 Å². The summed E-state index contributed by atoms with van der Waals surface area (Å²) in [6, 6.07) is 12.5. The molecule has 0 aliphatic heterocycles. The van der Waals surface area contributed by atoms with Crippen LogP contribution in [0.25, 0.3) is 33.7 Å². The van der Waals surface area contributed by atoms with Crippen LogP contribution in [0.4, 0.5) is 0 Å². The summed E-state index contributed by atoms with van der Waals surface area (Å²) in [6.45, 7) is 6.78. The van der Waals surface area contributed by atoms with Crippen LogP contribution in [0, 0.1) is 20.8 Å². The highest BCUT2D eigenvalue weighted by atomic mass is 15.1. The monoisotopic (exact) mass is 331 g/mol. The van der Waals surface area contributed by atoms with E-state index in [1.165, 1.54) is 11.1 Å². The summed E-state index contributed by atoms with van der Waals surface area (Å²) in [5.74, 6) is 0.780. The Kier molecular flexibility index (Phi) is 3.66. The summed E-state index contributed by atoms with van der Waals surface area (Å²) < 4.78 is 0. The first-order valence-electron chi connectivity index (χ1n) is 8.38. The molecule has 4 N–H and O–H groups in total. The zero-order chi connectivity index (χ0) is 17.6. The van der Waals surface area contributed by atoms with Crippen molar-refractivity contribution in [3.05, 3.63) is 58.8 Å². The number of aryl methyl sites for hydroxylation is 3. The van der Waals surface area contributed by atoms with Crippen LogP contribution >= 0.6 is 0 Å². The van der Waals surface area contributed by atoms with E-state index in [0.717, 1.165) is 44.9 Å². The minimum atomic E-state index is 0.541. The van der Waals surface area contributed by atoms with Crippen LogP contribution in [0.2, 0.25) is 0 Å². The number of hydrogen-bond donors (Lipinski definition) is 3. The number of hydrogen-bond acceptors (Lipinski definition) is 3. The number of aromatic nitrogens is 4. The Bertz CT molecular complexity index is 1010. The van der Waals surface area contributed by atoms with E-state index in [1.807, 2.05) is 6.92 Å². The number of nitrogens with zero attached hydrogens (tertiary/aromatic N) is 2. The Hall–Kier alpha value is -2.92. The third-order valence-electron chi connectivity index (χ3n) is 4.75. The highest BCUT2D eigenvalue weighted by Crippen LogP contribution is 2.33. The van der Waals surface area contributed by atoms with E-state index in [2.05, 4.69) is 65.4 Å². The molecule has 0 fully saturated rings. The number of aromatic amines is 2. The maximum absolute atomic E-state index is 5.70. The van der Waals surface area contributed by atoms with Crippen molar-refractivity contribution >= 4 is 11.0 Å². The zero-order valence-corrected chi connectivity index (χ0v) is 14.6. The van der Waals surface area contributed by atoms with Gasteiger partial charge in [0.1, 0.15) is 5.69 Å². The summed E-state index contributed by atoms with van der Waals surface area (Å²) in [5, 5.41) is 7.60. The third kappa shape index (κ3) is 2.62. The second-order valence-corrected chi connectivity index (χ2v) is 6.51. The molecule has 25 heavy (non-hydrogen) atoms. The van der Waals surface area contributed by atoms with Crippen molar-refractivity contribution in [3.8, 4) is 22.6 Å². The number of rotatable bonds is 3. The first-order valence-corrected chi connectivity index (χ1v) is 8.38. The molecule has 0 spiro atoms. The Morgan fingerprint density at radius 2 is 1.72 bits per heavy atom. The minimum Gasteiger partial charge on any atom is -0.337 e. The molecule has 0 atom stereocenters. The fraction of sp³-hybridized carbons (Fsp3) is 0.200. The van der Waals surface area contributed by atoms with Crippen molar-refractivity contribution in [3.63, 3.8) is 0 Å². The lowest BCUT2D eigenvalue weighted by Gasteiger charge is -2.04. The Morgan fingerprint density at radius 3 is 2.44 bits per heavy atom. The van der Waals surface area contributed by atoms with Gasteiger partial charge in [-0.05, 0) is 55.2 Å². The molecule has 2 aromatic heterocycles. The van der Waals surface area contributed by atoms with Crippen LogP contribution in [0.3, 0.4) is 0 Å². The second kappa shape index (κ2) is 5.86. The van der Waals surface area contributed by atoms with Crippen LogP contribution in [0.15, 0.2) is 36.4 Å². The van der Waals surface area contributed by atoms with Gasteiger partial charge in [0.15, 0.2) is 5.82 Å².